The largest absolute Gasteiger partial charge is 0.357 e. The van der Waals surface area contributed by atoms with E-state index in [-0.39, 0.29) is 29.5 Å². The van der Waals surface area contributed by atoms with Crippen molar-refractivity contribution in [3.63, 3.8) is 0 Å². The van der Waals surface area contributed by atoms with Gasteiger partial charge in [-0.1, -0.05) is 88.2 Å². The molecule has 41 heavy (non-hydrogen) atoms. The molecule has 1 atom stereocenters. The minimum Gasteiger partial charge on any atom is -0.357 e. The topological polar surface area (TPSA) is 86.8 Å². The number of carbonyl (C=O) groups excluding carboxylic acids is 2. The lowest BCUT2D eigenvalue weighted by atomic mass is 10.0. The van der Waals surface area contributed by atoms with Crippen LogP contribution in [0.3, 0.4) is 0 Å². The van der Waals surface area contributed by atoms with Crippen molar-refractivity contribution in [1.29, 1.82) is 0 Å². The van der Waals surface area contributed by atoms with Gasteiger partial charge in [-0.05, 0) is 59.7 Å². The van der Waals surface area contributed by atoms with Crippen molar-refractivity contribution in [2.24, 2.45) is 0 Å². The van der Waals surface area contributed by atoms with Gasteiger partial charge in [0.15, 0.2) is 0 Å². The molecule has 0 radical (unpaired) electrons. The summed E-state index contributed by atoms with van der Waals surface area (Å²) in [6, 6.07) is 30.0. The maximum atomic E-state index is 14.2. The van der Waals surface area contributed by atoms with Crippen LogP contribution >= 0.6 is 27.5 Å². The number of sulfonamides is 1. The normalized spacial score (nSPS) is 11.9. The van der Waals surface area contributed by atoms with Crippen LogP contribution in [0.1, 0.15) is 11.1 Å². The van der Waals surface area contributed by atoms with Crippen LogP contribution in [0.15, 0.2) is 119 Å². The van der Waals surface area contributed by atoms with Crippen LogP contribution < -0.4 is 9.62 Å². The maximum absolute atomic E-state index is 14.2. The Labute approximate surface area is 253 Å². The van der Waals surface area contributed by atoms with Crippen molar-refractivity contribution >= 4 is 55.1 Å². The number of halogens is 2. The monoisotopic (exact) mass is 653 g/mol. The van der Waals surface area contributed by atoms with E-state index in [1.165, 1.54) is 24.1 Å². The van der Waals surface area contributed by atoms with E-state index < -0.39 is 28.5 Å². The van der Waals surface area contributed by atoms with Gasteiger partial charge in [0.2, 0.25) is 11.8 Å². The van der Waals surface area contributed by atoms with Crippen LogP contribution in [0, 0.1) is 0 Å². The van der Waals surface area contributed by atoms with Crippen molar-refractivity contribution in [3.8, 4) is 0 Å². The van der Waals surface area contributed by atoms with Crippen LogP contribution in [0.2, 0.25) is 5.02 Å². The molecule has 0 saturated carbocycles. The average Bonchev–Trinajstić information content (AvgIpc) is 2.99. The summed E-state index contributed by atoms with van der Waals surface area (Å²) in [7, 11) is -2.63. The molecule has 7 nitrogen and oxygen atoms in total. The van der Waals surface area contributed by atoms with Crippen LogP contribution in [-0.4, -0.2) is 44.8 Å². The third-order valence-corrected chi connectivity index (χ3v) is 9.08. The van der Waals surface area contributed by atoms with E-state index >= 15 is 0 Å². The Bertz CT molecular complexity index is 1570. The molecule has 1 unspecified atom stereocenters. The molecule has 0 spiro atoms. The van der Waals surface area contributed by atoms with Gasteiger partial charge in [-0.25, -0.2) is 8.42 Å². The second kappa shape index (κ2) is 13.8. The summed E-state index contributed by atoms with van der Waals surface area (Å²) in [4.78, 5) is 28.9. The highest BCUT2D eigenvalue weighted by Gasteiger charge is 2.34. The fraction of sp³-hybridized carbons (Fsp3) is 0.161. The van der Waals surface area contributed by atoms with E-state index in [0.717, 1.165) is 19.9 Å². The van der Waals surface area contributed by atoms with Gasteiger partial charge in [0, 0.05) is 29.5 Å². The molecule has 0 heterocycles. The summed E-state index contributed by atoms with van der Waals surface area (Å²) in [5, 5.41) is 3.10. The molecule has 0 aliphatic rings. The Morgan fingerprint density at radius 3 is 2.00 bits per heavy atom. The number of hydrogen-bond acceptors (Lipinski definition) is 4. The van der Waals surface area contributed by atoms with Crippen molar-refractivity contribution in [3.05, 3.63) is 130 Å². The first-order valence-electron chi connectivity index (χ1n) is 12.8. The first-order chi connectivity index (χ1) is 19.7. The van der Waals surface area contributed by atoms with Crippen LogP contribution in [0.25, 0.3) is 0 Å². The van der Waals surface area contributed by atoms with E-state index in [4.69, 9.17) is 11.6 Å². The molecule has 0 aromatic heterocycles. The minimum absolute atomic E-state index is 0.0364. The summed E-state index contributed by atoms with van der Waals surface area (Å²) in [6.45, 7) is -0.436. The maximum Gasteiger partial charge on any atom is 0.264 e. The Balaban J connectivity index is 1.77. The van der Waals surface area contributed by atoms with Gasteiger partial charge < -0.3 is 10.2 Å². The van der Waals surface area contributed by atoms with Crippen LogP contribution in [-0.2, 0) is 32.6 Å². The number of likely N-dealkylation sites (N-methyl/N-ethyl adjacent to an activating group) is 1. The lowest BCUT2D eigenvalue weighted by Gasteiger charge is -2.33. The highest BCUT2D eigenvalue weighted by atomic mass is 79.9. The zero-order valence-electron chi connectivity index (χ0n) is 22.3. The van der Waals surface area contributed by atoms with Gasteiger partial charge in [0.05, 0.1) is 10.6 Å². The van der Waals surface area contributed by atoms with Crippen molar-refractivity contribution in [1.82, 2.24) is 10.2 Å². The summed E-state index contributed by atoms with van der Waals surface area (Å²) >= 11 is 9.51. The van der Waals surface area contributed by atoms with Crippen LogP contribution in [0.4, 0.5) is 5.69 Å². The number of nitrogens with zero attached hydrogens (tertiary/aromatic N) is 2. The summed E-state index contributed by atoms with van der Waals surface area (Å²) in [6.07, 6.45) is 0.245. The van der Waals surface area contributed by atoms with Crippen molar-refractivity contribution < 1.29 is 18.0 Å². The molecule has 0 aliphatic heterocycles. The quantitative estimate of drug-likeness (QED) is 0.225. The number of carbonyl (C=O) groups is 2. The Morgan fingerprint density at radius 1 is 0.829 bits per heavy atom. The van der Waals surface area contributed by atoms with Gasteiger partial charge in [-0.3, -0.25) is 13.9 Å². The number of anilines is 1. The number of amides is 2. The summed E-state index contributed by atoms with van der Waals surface area (Å²) in [5.41, 5.74) is 1.92. The molecule has 0 bridgehead atoms. The summed E-state index contributed by atoms with van der Waals surface area (Å²) < 4.78 is 29.6. The van der Waals surface area contributed by atoms with Crippen molar-refractivity contribution in [2.45, 2.75) is 23.9 Å². The highest BCUT2D eigenvalue weighted by molar-refractivity contribution is 9.10. The molecule has 4 aromatic carbocycles. The first kappa shape index (κ1) is 30.3. The van der Waals surface area contributed by atoms with E-state index in [1.807, 2.05) is 54.6 Å². The Kier molecular flexibility index (Phi) is 10.2. The lowest BCUT2D eigenvalue weighted by molar-refractivity contribution is -0.139. The van der Waals surface area contributed by atoms with E-state index in [2.05, 4.69) is 21.2 Å². The molecule has 2 amide bonds. The third kappa shape index (κ3) is 7.75. The molecular weight excluding hydrogens is 626 g/mol. The molecule has 10 heteroatoms. The fourth-order valence-electron chi connectivity index (χ4n) is 4.36. The molecule has 0 aliphatic carbocycles. The SMILES string of the molecule is CNC(=O)C(Cc1ccccc1)N(Cc1ccc(Br)cc1)C(=O)CN(c1ccc(Cl)cc1)S(=O)(=O)c1ccccc1. The minimum atomic E-state index is -4.15. The van der Waals surface area contributed by atoms with Gasteiger partial charge in [-0.15, -0.1) is 0 Å². The molecule has 0 fully saturated rings. The van der Waals surface area contributed by atoms with Gasteiger partial charge in [-0.2, -0.15) is 0 Å². The number of rotatable bonds is 11. The second-order valence-electron chi connectivity index (χ2n) is 9.27. The molecular formula is C31H29BrClN3O4S. The predicted molar refractivity (Wildman–Crippen MR) is 165 cm³/mol. The molecule has 1 N–H and O–H groups in total. The molecule has 212 valence electrons. The predicted octanol–water partition coefficient (Wildman–Crippen LogP) is 5.68. The van der Waals surface area contributed by atoms with Gasteiger partial charge in [0.1, 0.15) is 12.6 Å². The molecule has 0 saturated heterocycles. The third-order valence-electron chi connectivity index (χ3n) is 6.51. The van der Waals surface area contributed by atoms with E-state index in [1.54, 1.807) is 42.5 Å². The molecule has 4 aromatic rings. The first-order valence-corrected chi connectivity index (χ1v) is 15.4. The zero-order valence-corrected chi connectivity index (χ0v) is 25.4. The molecule has 4 rings (SSSR count). The Hall–Kier alpha value is -3.66. The van der Waals surface area contributed by atoms with Gasteiger partial charge in [0.25, 0.3) is 10.0 Å². The number of hydrogen-bond donors (Lipinski definition) is 1. The van der Waals surface area contributed by atoms with Gasteiger partial charge >= 0.3 is 0 Å². The lowest BCUT2D eigenvalue weighted by Crippen LogP contribution is -2.53. The van der Waals surface area contributed by atoms with E-state index in [0.29, 0.717) is 5.02 Å². The van der Waals surface area contributed by atoms with E-state index in [9.17, 15) is 18.0 Å². The second-order valence-corrected chi connectivity index (χ2v) is 12.5. The smallest absolute Gasteiger partial charge is 0.264 e. The van der Waals surface area contributed by atoms with Crippen molar-refractivity contribution in [2.75, 3.05) is 17.9 Å². The zero-order chi connectivity index (χ0) is 29.4. The summed E-state index contributed by atoms with van der Waals surface area (Å²) in [5.74, 6) is -0.893. The fourth-order valence-corrected chi connectivity index (χ4v) is 6.19. The standard InChI is InChI=1S/C31H29BrClN3O4S/c1-34-31(38)29(20-23-8-4-2-5-9-23)35(21-24-12-14-25(32)15-13-24)30(37)22-36(27-18-16-26(33)17-19-27)41(39,40)28-10-6-3-7-11-28/h2-19,29H,20-22H2,1H3,(H,34,38). The van der Waals surface area contributed by atoms with Crippen LogP contribution in [0.5, 0.6) is 0 Å². The average molecular weight is 655 g/mol. The number of benzene rings is 4. The Morgan fingerprint density at radius 2 is 1.41 bits per heavy atom. The highest BCUT2D eigenvalue weighted by Crippen LogP contribution is 2.26. The number of nitrogens with one attached hydrogen (secondary N) is 1.